The van der Waals surface area contributed by atoms with E-state index >= 15 is 0 Å². The number of hydrogen-bond donors (Lipinski definition) is 2. The zero-order valence-corrected chi connectivity index (χ0v) is 17.4. The number of carbonyl (C=O) groups is 1. The van der Waals surface area contributed by atoms with Crippen molar-refractivity contribution in [3.63, 3.8) is 0 Å². The van der Waals surface area contributed by atoms with E-state index in [1.54, 1.807) is 0 Å². The average Bonchev–Trinajstić information content (AvgIpc) is 3.08. The Kier molecular flexibility index (Phi) is 7.19. The van der Waals surface area contributed by atoms with Crippen molar-refractivity contribution in [2.75, 3.05) is 19.0 Å². The lowest BCUT2D eigenvalue weighted by Gasteiger charge is -2.22. The molecule has 1 aliphatic rings. The number of nitrogens with zero attached hydrogens (tertiary/aromatic N) is 3. The maximum absolute atomic E-state index is 12.4. The molecule has 152 valence electrons. The first kappa shape index (κ1) is 20.5. The van der Waals surface area contributed by atoms with Crippen molar-refractivity contribution in [1.29, 1.82) is 0 Å². The summed E-state index contributed by atoms with van der Waals surface area (Å²) in [7, 11) is 0. The Morgan fingerprint density at radius 3 is 2.68 bits per heavy atom. The van der Waals surface area contributed by atoms with Gasteiger partial charge in [-0.05, 0) is 56.9 Å². The van der Waals surface area contributed by atoms with Crippen molar-refractivity contribution in [2.45, 2.75) is 56.4 Å². The van der Waals surface area contributed by atoms with Crippen LogP contribution in [0, 0.1) is 5.92 Å². The molecule has 0 unspecified atom stereocenters. The van der Waals surface area contributed by atoms with Crippen LogP contribution in [-0.4, -0.2) is 39.2 Å². The highest BCUT2D eigenvalue weighted by molar-refractivity contribution is 8.00. The third-order valence-corrected chi connectivity index (χ3v) is 6.09. The van der Waals surface area contributed by atoms with Gasteiger partial charge in [0.2, 0.25) is 11.1 Å². The summed E-state index contributed by atoms with van der Waals surface area (Å²) in [6.45, 7) is 5.19. The van der Waals surface area contributed by atoms with Crippen LogP contribution in [0.5, 0.6) is 5.75 Å². The van der Waals surface area contributed by atoms with E-state index in [2.05, 4.69) is 15.5 Å². The Bertz CT molecular complexity index is 771. The molecule has 3 rings (SSSR count). The van der Waals surface area contributed by atoms with Crippen molar-refractivity contribution >= 4 is 17.7 Å². The number of ether oxygens (including phenoxy) is 1. The van der Waals surface area contributed by atoms with E-state index < -0.39 is 0 Å². The Hall–Kier alpha value is -2.22. The standard InChI is InChI=1S/C20H29N5O2S/c1-3-27-17-11-9-16(10-12-17)18-23-24-20(25(18)21)28-14(2)19(26)22-13-15-7-5-4-6-8-15/h9-12,14-15H,3-8,13,21H2,1-2H3,(H,22,26)/t14-/m0/s1. The molecule has 0 spiro atoms. The van der Waals surface area contributed by atoms with Gasteiger partial charge in [0.15, 0.2) is 5.82 Å². The fourth-order valence-electron chi connectivity index (χ4n) is 3.41. The largest absolute Gasteiger partial charge is 0.494 e. The van der Waals surface area contributed by atoms with E-state index in [1.165, 1.54) is 48.5 Å². The lowest BCUT2D eigenvalue weighted by molar-refractivity contribution is -0.120. The number of aromatic nitrogens is 3. The van der Waals surface area contributed by atoms with Crippen LogP contribution in [0.25, 0.3) is 11.4 Å². The van der Waals surface area contributed by atoms with E-state index in [0.717, 1.165) is 17.9 Å². The molecule has 3 N–H and O–H groups in total. The van der Waals surface area contributed by atoms with Gasteiger partial charge in [0, 0.05) is 12.1 Å². The Morgan fingerprint density at radius 2 is 2.00 bits per heavy atom. The second kappa shape index (κ2) is 9.82. The fraction of sp³-hybridized carbons (Fsp3) is 0.550. The van der Waals surface area contributed by atoms with Gasteiger partial charge in [0.25, 0.3) is 0 Å². The number of thioether (sulfide) groups is 1. The minimum absolute atomic E-state index is 0.0150. The Morgan fingerprint density at radius 1 is 1.29 bits per heavy atom. The molecule has 28 heavy (non-hydrogen) atoms. The van der Waals surface area contributed by atoms with Gasteiger partial charge in [0.05, 0.1) is 11.9 Å². The second-order valence-electron chi connectivity index (χ2n) is 7.14. The molecule has 8 heteroatoms. The molecule has 1 aromatic heterocycles. The highest BCUT2D eigenvalue weighted by Gasteiger charge is 2.21. The topological polar surface area (TPSA) is 95.1 Å². The van der Waals surface area contributed by atoms with E-state index in [0.29, 0.717) is 23.5 Å². The van der Waals surface area contributed by atoms with Gasteiger partial charge in [-0.3, -0.25) is 4.79 Å². The van der Waals surface area contributed by atoms with Gasteiger partial charge in [-0.15, -0.1) is 10.2 Å². The van der Waals surface area contributed by atoms with Crippen molar-refractivity contribution in [1.82, 2.24) is 20.2 Å². The zero-order chi connectivity index (χ0) is 19.9. The maximum atomic E-state index is 12.4. The predicted octanol–water partition coefficient (Wildman–Crippen LogP) is 3.23. The summed E-state index contributed by atoms with van der Waals surface area (Å²) >= 11 is 1.32. The molecule has 1 aromatic carbocycles. The highest BCUT2D eigenvalue weighted by Crippen LogP contribution is 2.26. The van der Waals surface area contributed by atoms with E-state index in [-0.39, 0.29) is 11.2 Å². The smallest absolute Gasteiger partial charge is 0.233 e. The van der Waals surface area contributed by atoms with Gasteiger partial charge in [0.1, 0.15) is 5.75 Å². The van der Waals surface area contributed by atoms with Gasteiger partial charge >= 0.3 is 0 Å². The van der Waals surface area contributed by atoms with Crippen LogP contribution in [-0.2, 0) is 4.79 Å². The van der Waals surface area contributed by atoms with Crippen LogP contribution in [0.1, 0.15) is 46.0 Å². The summed E-state index contributed by atoms with van der Waals surface area (Å²) in [5.74, 6) is 8.16. The molecule has 1 heterocycles. The Balaban J connectivity index is 1.57. The number of hydrogen-bond acceptors (Lipinski definition) is 6. The molecular weight excluding hydrogens is 374 g/mol. The lowest BCUT2D eigenvalue weighted by atomic mass is 9.89. The summed E-state index contributed by atoms with van der Waals surface area (Å²) in [6, 6.07) is 7.55. The molecule has 1 atom stereocenters. The molecular formula is C20H29N5O2S. The quantitative estimate of drug-likeness (QED) is 0.519. The number of nitrogen functional groups attached to an aromatic ring is 1. The summed E-state index contributed by atoms with van der Waals surface area (Å²) in [5, 5.41) is 11.7. The van der Waals surface area contributed by atoms with Gasteiger partial charge in [-0.2, -0.15) is 0 Å². The lowest BCUT2D eigenvalue weighted by Crippen LogP contribution is -2.35. The number of amides is 1. The van der Waals surface area contributed by atoms with Gasteiger partial charge in [-0.1, -0.05) is 31.0 Å². The molecule has 2 aromatic rings. The van der Waals surface area contributed by atoms with Crippen LogP contribution in [0.4, 0.5) is 0 Å². The van der Waals surface area contributed by atoms with Crippen molar-refractivity contribution in [3.8, 4) is 17.1 Å². The number of rotatable bonds is 8. The molecule has 0 radical (unpaired) electrons. The SMILES string of the molecule is CCOc1ccc(-c2nnc(S[C@@H](C)C(=O)NCC3CCCCC3)n2N)cc1. The third-order valence-electron chi connectivity index (χ3n) is 5.03. The normalized spacial score (nSPS) is 15.9. The van der Waals surface area contributed by atoms with E-state index in [9.17, 15) is 4.79 Å². The monoisotopic (exact) mass is 403 g/mol. The van der Waals surface area contributed by atoms with E-state index in [4.69, 9.17) is 10.6 Å². The second-order valence-corrected chi connectivity index (χ2v) is 8.45. The molecule has 0 bridgehead atoms. The number of benzene rings is 1. The minimum atomic E-state index is -0.289. The third kappa shape index (κ3) is 5.19. The van der Waals surface area contributed by atoms with E-state index in [1.807, 2.05) is 38.1 Å². The minimum Gasteiger partial charge on any atom is -0.494 e. The summed E-state index contributed by atoms with van der Waals surface area (Å²) in [4.78, 5) is 12.4. The molecule has 1 amide bonds. The number of nitrogens with two attached hydrogens (primary N) is 1. The first-order chi connectivity index (χ1) is 13.6. The Labute approximate surface area is 170 Å². The summed E-state index contributed by atoms with van der Waals surface area (Å²) < 4.78 is 6.89. The summed E-state index contributed by atoms with van der Waals surface area (Å²) in [5.41, 5.74) is 0.847. The van der Waals surface area contributed by atoms with Crippen molar-refractivity contribution in [2.24, 2.45) is 5.92 Å². The first-order valence-corrected chi connectivity index (χ1v) is 10.8. The molecule has 0 aliphatic heterocycles. The molecule has 1 aliphatic carbocycles. The molecule has 0 saturated heterocycles. The van der Waals surface area contributed by atoms with Crippen LogP contribution in [0.15, 0.2) is 29.4 Å². The number of carbonyl (C=O) groups excluding carboxylic acids is 1. The van der Waals surface area contributed by atoms with Crippen LogP contribution < -0.4 is 15.9 Å². The van der Waals surface area contributed by atoms with Gasteiger partial charge < -0.3 is 15.9 Å². The molecule has 7 nitrogen and oxygen atoms in total. The number of nitrogens with one attached hydrogen (secondary N) is 1. The van der Waals surface area contributed by atoms with Crippen molar-refractivity contribution in [3.05, 3.63) is 24.3 Å². The molecule has 1 saturated carbocycles. The van der Waals surface area contributed by atoms with Crippen LogP contribution in [0.2, 0.25) is 0 Å². The first-order valence-electron chi connectivity index (χ1n) is 9.96. The maximum Gasteiger partial charge on any atom is 0.233 e. The van der Waals surface area contributed by atoms with Crippen molar-refractivity contribution < 1.29 is 9.53 Å². The van der Waals surface area contributed by atoms with Gasteiger partial charge in [-0.25, -0.2) is 4.68 Å². The van der Waals surface area contributed by atoms with Crippen LogP contribution >= 0.6 is 11.8 Å². The fourth-order valence-corrected chi connectivity index (χ4v) is 4.21. The summed E-state index contributed by atoms with van der Waals surface area (Å²) in [6.07, 6.45) is 6.29. The molecule has 1 fully saturated rings. The average molecular weight is 404 g/mol. The predicted molar refractivity (Wildman–Crippen MR) is 112 cm³/mol. The zero-order valence-electron chi connectivity index (χ0n) is 16.6. The highest BCUT2D eigenvalue weighted by atomic mass is 32.2. The van der Waals surface area contributed by atoms with Crippen LogP contribution in [0.3, 0.4) is 0 Å².